The van der Waals surface area contributed by atoms with Crippen LogP contribution in [-0.4, -0.2) is 42.3 Å². The maximum Gasteiger partial charge on any atom is 0.191 e. The number of imidazole rings is 1. The van der Waals surface area contributed by atoms with Crippen molar-refractivity contribution in [2.75, 3.05) is 26.8 Å². The molecule has 6 heteroatoms. The Balaban J connectivity index is 2.33. The summed E-state index contributed by atoms with van der Waals surface area (Å²) in [4.78, 5) is 8.61. The molecule has 0 aromatic carbocycles. The lowest BCUT2D eigenvalue weighted by Crippen LogP contribution is -2.38. The number of ether oxygens (including phenoxy) is 1. The maximum atomic E-state index is 5.31. The molecule has 0 aliphatic rings. The van der Waals surface area contributed by atoms with Gasteiger partial charge in [0.2, 0.25) is 0 Å². The standard InChI is InChI=1S/C15H29N5O/c1-5-21-10-6-7-18-15(16-4)19-11-14-17-8-9-20(14)12-13(2)3/h8-9,13H,5-7,10-12H2,1-4H3,(H2,16,18,19). The molecule has 0 bridgehead atoms. The van der Waals surface area contributed by atoms with Gasteiger partial charge in [0.05, 0.1) is 6.54 Å². The molecule has 0 amide bonds. The van der Waals surface area contributed by atoms with Gasteiger partial charge in [0.1, 0.15) is 5.82 Å². The van der Waals surface area contributed by atoms with Crippen LogP contribution in [0.5, 0.6) is 0 Å². The highest BCUT2D eigenvalue weighted by molar-refractivity contribution is 5.79. The highest BCUT2D eigenvalue weighted by Crippen LogP contribution is 2.03. The Morgan fingerprint density at radius 2 is 2.24 bits per heavy atom. The van der Waals surface area contributed by atoms with Crippen molar-refractivity contribution < 1.29 is 4.74 Å². The van der Waals surface area contributed by atoms with Crippen LogP contribution in [0.1, 0.15) is 33.0 Å². The van der Waals surface area contributed by atoms with Crippen LogP contribution in [0.15, 0.2) is 17.4 Å². The minimum absolute atomic E-state index is 0.606. The second-order valence-corrected chi connectivity index (χ2v) is 5.29. The summed E-state index contributed by atoms with van der Waals surface area (Å²) in [6, 6.07) is 0. The van der Waals surface area contributed by atoms with E-state index >= 15 is 0 Å². The van der Waals surface area contributed by atoms with E-state index in [4.69, 9.17) is 4.74 Å². The first kappa shape index (κ1) is 17.5. The Morgan fingerprint density at radius 1 is 1.43 bits per heavy atom. The minimum atomic E-state index is 0.606. The summed E-state index contributed by atoms with van der Waals surface area (Å²) in [6.45, 7) is 10.5. The topological polar surface area (TPSA) is 63.5 Å². The second kappa shape index (κ2) is 10.2. The average molecular weight is 295 g/mol. The van der Waals surface area contributed by atoms with E-state index in [2.05, 4.69) is 39.0 Å². The average Bonchev–Trinajstić information content (AvgIpc) is 2.88. The van der Waals surface area contributed by atoms with Gasteiger partial charge in [-0.3, -0.25) is 4.99 Å². The molecule has 1 aromatic heterocycles. The molecule has 21 heavy (non-hydrogen) atoms. The lowest BCUT2D eigenvalue weighted by Gasteiger charge is -2.14. The van der Waals surface area contributed by atoms with E-state index in [9.17, 15) is 0 Å². The number of aliphatic imine (C=N–C) groups is 1. The molecule has 6 nitrogen and oxygen atoms in total. The molecule has 0 aliphatic heterocycles. The fourth-order valence-electron chi connectivity index (χ4n) is 1.98. The highest BCUT2D eigenvalue weighted by Gasteiger charge is 2.05. The highest BCUT2D eigenvalue weighted by atomic mass is 16.5. The van der Waals surface area contributed by atoms with Gasteiger partial charge in [-0.05, 0) is 19.3 Å². The molecule has 1 aromatic rings. The largest absolute Gasteiger partial charge is 0.382 e. The van der Waals surface area contributed by atoms with Gasteiger partial charge < -0.3 is 19.9 Å². The van der Waals surface area contributed by atoms with Crippen LogP contribution in [0.3, 0.4) is 0 Å². The molecule has 0 saturated carbocycles. The van der Waals surface area contributed by atoms with Crippen LogP contribution in [0.2, 0.25) is 0 Å². The molecule has 0 saturated heterocycles. The van der Waals surface area contributed by atoms with Crippen molar-refractivity contribution in [3.05, 3.63) is 18.2 Å². The Bertz CT molecular complexity index is 414. The number of aromatic nitrogens is 2. The fraction of sp³-hybridized carbons (Fsp3) is 0.733. The van der Waals surface area contributed by atoms with Gasteiger partial charge in [0.25, 0.3) is 0 Å². The lowest BCUT2D eigenvalue weighted by atomic mass is 10.2. The van der Waals surface area contributed by atoms with Crippen molar-refractivity contribution >= 4 is 5.96 Å². The summed E-state index contributed by atoms with van der Waals surface area (Å²) in [5, 5.41) is 6.56. The van der Waals surface area contributed by atoms with Crippen molar-refractivity contribution in [1.29, 1.82) is 0 Å². The van der Waals surface area contributed by atoms with Crippen LogP contribution in [0, 0.1) is 5.92 Å². The number of hydrogen-bond donors (Lipinski definition) is 2. The summed E-state index contributed by atoms with van der Waals surface area (Å²) in [5.41, 5.74) is 0. The van der Waals surface area contributed by atoms with Crippen molar-refractivity contribution in [3.8, 4) is 0 Å². The Kier molecular flexibility index (Phi) is 8.50. The van der Waals surface area contributed by atoms with Gasteiger partial charge in [-0.2, -0.15) is 0 Å². The molecule has 2 N–H and O–H groups in total. The third-order valence-corrected chi connectivity index (χ3v) is 2.96. The zero-order chi connectivity index (χ0) is 15.5. The van der Waals surface area contributed by atoms with Gasteiger partial charge in [0, 0.05) is 45.7 Å². The SMILES string of the molecule is CCOCCCNC(=NC)NCc1nccn1CC(C)C. The van der Waals surface area contributed by atoms with E-state index in [1.54, 1.807) is 7.05 Å². The Hall–Kier alpha value is -1.56. The minimum Gasteiger partial charge on any atom is -0.382 e. The van der Waals surface area contributed by atoms with Crippen LogP contribution in [-0.2, 0) is 17.8 Å². The fourth-order valence-corrected chi connectivity index (χ4v) is 1.98. The molecule has 0 radical (unpaired) electrons. The van der Waals surface area contributed by atoms with Gasteiger partial charge in [0.15, 0.2) is 5.96 Å². The predicted molar refractivity (Wildman–Crippen MR) is 86.4 cm³/mol. The first-order valence-electron chi connectivity index (χ1n) is 7.69. The molecule has 0 fully saturated rings. The molecule has 120 valence electrons. The van der Waals surface area contributed by atoms with Gasteiger partial charge in [-0.25, -0.2) is 4.98 Å². The maximum absolute atomic E-state index is 5.31. The van der Waals surface area contributed by atoms with E-state index in [1.807, 2.05) is 19.3 Å². The molecule has 1 heterocycles. The summed E-state index contributed by atoms with van der Waals surface area (Å²) < 4.78 is 7.49. The third kappa shape index (κ3) is 7.13. The molecule has 0 aliphatic carbocycles. The summed E-state index contributed by atoms with van der Waals surface area (Å²) in [7, 11) is 1.78. The summed E-state index contributed by atoms with van der Waals surface area (Å²) >= 11 is 0. The third-order valence-electron chi connectivity index (χ3n) is 2.96. The number of nitrogens with zero attached hydrogens (tertiary/aromatic N) is 3. The zero-order valence-corrected chi connectivity index (χ0v) is 13.7. The number of guanidine groups is 1. The number of rotatable bonds is 9. The van der Waals surface area contributed by atoms with Crippen molar-refractivity contribution in [1.82, 2.24) is 20.2 Å². The van der Waals surface area contributed by atoms with Crippen LogP contribution >= 0.6 is 0 Å². The van der Waals surface area contributed by atoms with E-state index in [1.165, 1.54) is 0 Å². The van der Waals surface area contributed by atoms with Crippen molar-refractivity contribution in [2.45, 2.75) is 40.3 Å². The second-order valence-electron chi connectivity index (χ2n) is 5.29. The van der Waals surface area contributed by atoms with E-state index in [0.717, 1.165) is 44.5 Å². The Morgan fingerprint density at radius 3 is 2.90 bits per heavy atom. The molecular formula is C15H29N5O. The molecular weight excluding hydrogens is 266 g/mol. The van der Waals surface area contributed by atoms with Crippen LogP contribution in [0.4, 0.5) is 0 Å². The van der Waals surface area contributed by atoms with Gasteiger partial charge >= 0.3 is 0 Å². The van der Waals surface area contributed by atoms with Crippen molar-refractivity contribution in [3.63, 3.8) is 0 Å². The zero-order valence-electron chi connectivity index (χ0n) is 13.7. The summed E-state index contributed by atoms with van der Waals surface area (Å²) in [5.74, 6) is 2.43. The molecule has 0 spiro atoms. The first-order valence-corrected chi connectivity index (χ1v) is 7.69. The lowest BCUT2D eigenvalue weighted by molar-refractivity contribution is 0.145. The van der Waals surface area contributed by atoms with Gasteiger partial charge in [-0.1, -0.05) is 13.8 Å². The normalized spacial score (nSPS) is 12.0. The number of hydrogen-bond acceptors (Lipinski definition) is 3. The molecule has 0 atom stereocenters. The first-order chi connectivity index (χ1) is 10.2. The van der Waals surface area contributed by atoms with E-state index < -0.39 is 0 Å². The predicted octanol–water partition coefficient (Wildman–Crippen LogP) is 1.63. The van der Waals surface area contributed by atoms with E-state index in [0.29, 0.717) is 12.5 Å². The van der Waals surface area contributed by atoms with Gasteiger partial charge in [-0.15, -0.1) is 0 Å². The van der Waals surface area contributed by atoms with Crippen molar-refractivity contribution in [2.24, 2.45) is 10.9 Å². The van der Waals surface area contributed by atoms with E-state index in [-0.39, 0.29) is 0 Å². The smallest absolute Gasteiger partial charge is 0.191 e. The number of nitrogens with one attached hydrogen (secondary N) is 2. The quantitative estimate of drug-likeness (QED) is 0.413. The molecule has 1 rings (SSSR count). The summed E-state index contributed by atoms with van der Waals surface area (Å²) in [6.07, 6.45) is 4.84. The van der Waals surface area contributed by atoms with Crippen LogP contribution < -0.4 is 10.6 Å². The molecule has 0 unspecified atom stereocenters. The van der Waals surface area contributed by atoms with Crippen LogP contribution in [0.25, 0.3) is 0 Å². The Labute approximate surface area is 128 Å². The monoisotopic (exact) mass is 295 g/mol.